The summed E-state index contributed by atoms with van der Waals surface area (Å²) in [4.78, 5) is 19.2. The Morgan fingerprint density at radius 1 is 1.54 bits per heavy atom. The smallest absolute Gasteiger partial charge is 0.276 e. The predicted octanol–water partition coefficient (Wildman–Crippen LogP) is 1.47. The number of rotatable bonds is 2. The molecule has 0 aliphatic heterocycles. The second-order valence-electron chi connectivity index (χ2n) is 3.75. The van der Waals surface area contributed by atoms with Crippen LogP contribution in [0.15, 0.2) is 18.5 Å². The molecule has 1 rings (SSSR count). The average Bonchev–Trinajstić information content (AvgIpc) is 2.50. The monoisotopic (exact) mass is 182 g/mol. The van der Waals surface area contributed by atoms with Gasteiger partial charge in [-0.1, -0.05) is 0 Å². The summed E-state index contributed by atoms with van der Waals surface area (Å²) in [6.07, 6.45) is 3.30. The van der Waals surface area contributed by atoms with Crippen LogP contribution in [0.4, 0.5) is 0 Å². The molecule has 0 unspecified atom stereocenters. The van der Waals surface area contributed by atoms with Crippen LogP contribution >= 0.6 is 0 Å². The molecule has 1 aromatic rings. The van der Waals surface area contributed by atoms with Gasteiger partial charge in [0.1, 0.15) is 0 Å². The van der Waals surface area contributed by atoms with Crippen molar-refractivity contribution in [3.05, 3.63) is 24.0 Å². The van der Waals surface area contributed by atoms with E-state index >= 15 is 0 Å². The van der Waals surface area contributed by atoms with E-state index in [-0.39, 0.29) is 11.5 Å². The third-order valence-corrected chi connectivity index (χ3v) is 1.31. The van der Waals surface area contributed by atoms with Gasteiger partial charge in [-0.05, 0) is 26.8 Å². The van der Waals surface area contributed by atoms with Gasteiger partial charge in [-0.25, -0.2) is 5.48 Å². The maximum Gasteiger partial charge on any atom is 0.276 e. The lowest BCUT2D eigenvalue weighted by molar-refractivity contribution is -0.0589. The number of carbonyl (C=O) groups excluding carboxylic acids is 1. The van der Waals surface area contributed by atoms with Crippen LogP contribution in [-0.2, 0) is 4.84 Å². The lowest BCUT2D eigenvalue weighted by Crippen LogP contribution is -2.33. The highest BCUT2D eigenvalue weighted by Crippen LogP contribution is 2.04. The molecular formula is C9H14N2O2. The average molecular weight is 182 g/mol. The van der Waals surface area contributed by atoms with E-state index in [2.05, 4.69) is 10.5 Å². The van der Waals surface area contributed by atoms with E-state index in [1.165, 1.54) is 0 Å². The summed E-state index contributed by atoms with van der Waals surface area (Å²) in [6, 6.07) is 1.68. The molecule has 0 fully saturated rings. The molecule has 72 valence electrons. The Labute approximate surface area is 77.2 Å². The Kier molecular flexibility index (Phi) is 2.72. The summed E-state index contributed by atoms with van der Waals surface area (Å²) in [5.74, 6) is -0.240. The van der Waals surface area contributed by atoms with E-state index in [1.54, 1.807) is 18.5 Å². The molecule has 4 heteroatoms. The minimum Gasteiger partial charge on any atom is -0.367 e. The number of hydrogen-bond acceptors (Lipinski definition) is 2. The van der Waals surface area contributed by atoms with Gasteiger partial charge in [0.25, 0.3) is 5.91 Å². The molecule has 0 saturated heterocycles. The van der Waals surface area contributed by atoms with E-state index < -0.39 is 0 Å². The van der Waals surface area contributed by atoms with E-state index in [0.717, 1.165) is 0 Å². The van der Waals surface area contributed by atoms with Crippen LogP contribution in [0.25, 0.3) is 0 Å². The number of aromatic amines is 1. The fourth-order valence-electron chi connectivity index (χ4n) is 0.723. The van der Waals surface area contributed by atoms with Gasteiger partial charge < -0.3 is 4.98 Å². The molecule has 0 aromatic carbocycles. The molecule has 4 nitrogen and oxygen atoms in total. The molecule has 0 aliphatic carbocycles. The number of aromatic nitrogens is 1. The van der Waals surface area contributed by atoms with Crippen LogP contribution < -0.4 is 5.48 Å². The Hall–Kier alpha value is -1.29. The maximum absolute atomic E-state index is 11.3. The number of hydrogen-bond donors (Lipinski definition) is 2. The fourth-order valence-corrected chi connectivity index (χ4v) is 0.723. The highest BCUT2D eigenvalue weighted by atomic mass is 16.7. The molecule has 1 aromatic heterocycles. The Bertz CT molecular complexity index is 272. The highest BCUT2D eigenvalue weighted by molar-refractivity contribution is 5.93. The molecule has 2 N–H and O–H groups in total. The van der Waals surface area contributed by atoms with Gasteiger partial charge in [0, 0.05) is 12.4 Å². The van der Waals surface area contributed by atoms with Gasteiger partial charge in [-0.2, -0.15) is 0 Å². The minimum atomic E-state index is -0.369. The van der Waals surface area contributed by atoms with E-state index in [0.29, 0.717) is 5.56 Å². The van der Waals surface area contributed by atoms with Crippen molar-refractivity contribution in [2.24, 2.45) is 0 Å². The van der Waals surface area contributed by atoms with Crippen molar-refractivity contribution < 1.29 is 9.63 Å². The van der Waals surface area contributed by atoms with Crippen LogP contribution in [-0.4, -0.2) is 16.5 Å². The summed E-state index contributed by atoms with van der Waals surface area (Å²) >= 11 is 0. The standard InChI is InChI=1S/C9H14N2O2/c1-9(2,3)13-11-8(12)7-4-5-10-6-7/h4-6,10H,1-3H3,(H,11,12). The molecule has 0 aliphatic rings. The third-order valence-electron chi connectivity index (χ3n) is 1.31. The summed E-state index contributed by atoms with van der Waals surface area (Å²) in [5.41, 5.74) is 2.56. The van der Waals surface area contributed by atoms with Crippen LogP contribution in [0.5, 0.6) is 0 Å². The largest absolute Gasteiger partial charge is 0.367 e. The zero-order valence-electron chi connectivity index (χ0n) is 8.05. The zero-order chi connectivity index (χ0) is 9.90. The summed E-state index contributed by atoms with van der Waals surface area (Å²) < 4.78 is 0. The maximum atomic E-state index is 11.3. The number of H-pyrrole nitrogens is 1. The van der Waals surface area contributed by atoms with Crippen molar-refractivity contribution in [3.8, 4) is 0 Å². The van der Waals surface area contributed by atoms with E-state index in [4.69, 9.17) is 4.84 Å². The van der Waals surface area contributed by atoms with Crippen LogP contribution in [0.3, 0.4) is 0 Å². The first-order valence-corrected chi connectivity index (χ1v) is 4.10. The first-order chi connectivity index (χ1) is 5.99. The van der Waals surface area contributed by atoms with Crippen molar-refractivity contribution in [1.82, 2.24) is 10.5 Å². The molecular weight excluding hydrogens is 168 g/mol. The number of carbonyl (C=O) groups is 1. The van der Waals surface area contributed by atoms with Gasteiger partial charge in [0.05, 0.1) is 11.2 Å². The van der Waals surface area contributed by atoms with Crippen molar-refractivity contribution in [2.45, 2.75) is 26.4 Å². The SMILES string of the molecule is CC(C)(C)ONC(=O)c1cc[nH]c1. The van der Waals surface area contributed by atoms with Gasteiger partial charge >= 0.3 is 0 Å². The quantitative estimate of drug-likeness (QED) is 0.680. The topological polar surface area (TPSA) is 54.1 Å². The number of nitrogens with one attached hydrogen (secondary N) is 2. The highest BCUT2D eigenvalue weighted by Gasteiger charge is 2.13. The second kappa shape index (κ2) is 3.62. The molecule has 0 radical (unpaired) electrons. The summed E-state index contributed by atoms with van der Waals surface area (Å²) in [5, 5.41) is 0. The molecule has 1 amide bonds. The predicted molar refractivity (Wildman–Crippen MR) is 49.1 cm³/mol. The van der Waals surface area contributed by atoms with Crippen LogP contribution in [0.2, 0.25) is 0 Å². The van der Waals surface area contributed by atoms with Gasteiger partial charge in [0.15, 0.2) is 0 Å². The Morgan fingerprint density at radius 2 is 2.23 bits per heavy atom. The third kappa shape index (κ3) is 3.29. The molecule has 0 saturated carbocycles. The van der Waals surface area contributed by atoms with Crippen molar-refractivity contribution >= 4 is 5.91 Å². The van der Waals surface area contributed by atoms with Gasteiger partial charge in [-0.3, -0.25) is 9.63 Å². The van der Waals surface area contributed by atoms with E-state index in [1.807, 2.05) is 20.8 Å². The molecule has 0 bridgehead atoms. The second-order valence-corrected chi connectivity index (χ2v) is 3.75. The van der Waals surface area contributed by atoms with Crippen molar-refractivity contribution in [2.75, 3.05) is 0 Å². The number of amides is 1. The van der Waals surface area contributed by atoms with Gasteiger partial charge in [-0.15, -0.1) is 0 Å². The molecule has 13 heavy (non-hydrogen) atoms. The van der Waals surface area contributed by atoms with Crippen LogP contribution in [0, 0.1) is 0 Å². The zero-order valence-corrected chi connectivity index (χ0v) is 8.05. The summed E-state index contributed by atoms with van der Waals surface area (Å²) in [7, 11) is 0. The van der Waals surface area contributed by atoms with Gasteiger partial charge in [0.2, 0.25) is 0 Å². The Balaban J connectivity index is 2.44. The first-order valence-electron chi connectivity index (χ1n) is 4.10. The minimum absolute atomic E-state index is 0.240. The molecule has 1 heterocycles. The van der Waals surface area contributed by atoms with Crippen molar-refractivity contribution in [1.29, 1.82) is 0 Å². The Morgan fingerprint density at radius 3 is 2.69 bits per heavy atom. The van der Waals surface area contributed by atoms with E-state index in [9.17, 15) is 4.79 Å². The molecule has 0 atom stereocenters. The number of hydroxylamine groups is 1. The summed E-state index contributed by atoms with van der Waals surface area (Å²) in [6.45, 7) is 5.60. The van der Waals surface area contributed by atoms with Crippen LogP contribution in [0.1, 0.15) is 31.1 Å². The normalized spacial score (nSPS) is 11.3. The lowest BCUT2D eigenvalue weighted by atomic mass is 10.2. The lowest BCUT2D eigenvalue weighted by Gasteiger charge is -2.18. The van der Waals surface area contributed by atoms with Crippen molar-refractivity contribution in [3.63, 3.8) is 0 Å². The first kappa shape index (κ1) is 9.80. The molecule has 0 spiro atoms. The fraction of sp³-hybridized carbons (Fsp3) is 0.444.